The number of hydrogen-bond acceptors (Lipinski definition) is 3. The molecule has 1 aromatic rings. The summed E-state index contributed by atoms with van der Waals surface area (Å²) in [7, 11) is 0. The van der Waals surface area contributed by atoms with E-state index in [0.717, 1.165) is 10.5 Å². The lowest BCUT2D eigenvalue weighted by Gasteiger charge is -2.24. The van der Waals surface area contributed by atoms with Gasteiger partial charge in [0.2, 0.25) is 5.91 Å². The van der Waals surface area contributed by atoms with Crippen molar-refractivity contribution in [2.24, 2.45) is 11.7 Å². The number of benzene rings is 1. The summed E-state index contributed by atoms with van der Waals surface area (Å²) in [5.41, 5.74) is 7.08. The molecule has 0 saturated carbocycles. The molecule has 1 unspecified atom stereocenters. The van der Waals surface area contributed by atoms with Crippen LogP contribution in [0.3, 0.4) is 0 Å². The van der Waals surface area contributed by atoms with Gasteiger partial charge in [-0.3, -0.25) is 9.59 Å². The van der Waals surface area contributed by atoms with Crippen molar-refractivity contribution in [1.82, 2.24) is 10.2 Å². The van der Waals surface area contributed by atoms with Crippen molar-refractivity contribution in [2.45, 2.75) is 39.3 Å². The molecule has 22 heavy (non-hydrogen) atoms. The minimum Gasteiger partial charge on any atom is -0.368 e. The van der Waals surface area contributed by atoms with Crippen molar-refractivity contribution < 1.29 is 14.4 Å². The lowest BCUT2D eigenvalue weighted by molar-refractivity contribution is -0.135. The van der Waals surface area contributed by atoms with Gasteiger partial charge in [0.15, 0.2) is 0 Å². The van der Waals surface area contributed by atoms with E-state index in [1.165, 1.54) is 0 Å². The minimum absolute atomic E-state index is 0.135. The van der Waals surface area contributed by atoms with Gasteiger partial charge in [0.1, 0.15) is 12.1 Å². The number of nitrogens with one attached hydrogen (secondary N) is 1. The summed E-state index contributed by atoms with van der Waals surface area (Å²) in [5.74, 6) is -0.960. The topological polar surface area (TPSA) is 92.5 Å². The highest BCUT2D eigenvalue weighted by Crippen LogP contribution is 2.26. The Hall–Kier alpha value is -2.37. The third-order valence-corrected chi connectivity index (χ3v) is 3.68. The minimum atomic E-state index is -0.915. The van der Waals surface area contributed by atoms with Crippen LogP contribution < -0.4 is 11.1 Å². The lowest BCUT2D eigenvalue weighted by atomic mass is 10.0. The van der Waals surface area contributed by atoms with Crippen LogP contribution in [0.1, 0.15) is 37.4 Å². The second-order valence-electron chi connectivity index (χ2n) is 6.05. The fraction of sp³-hybridized carbons (Fsp3) is 0.438. The molecule has 1 fully saturated rings. The number of primary amides is 1. The number of carbonyl (C=O) groups excluding carboxylic acids is 3. The Morgan fingerprint density at radius 3 is 2.59 bits per heavy atom. The Kier molecular flexibility index (Phi) is 4.49. The molecule has 118 valence electrons. The van der Waals surface area contributed by atoms with Gasteiger partial charge in [0, 0.05) is 0 Å². The highest BCUT2D eigenvalue weighted by atomic mass is 16.2. The van der Waals surface area contributed by atoms with E-state index in [9.17, 15) is 14.4 Å². The Morgan fingerprint density at radius 1 is 1.36 bits per heavy atom. The van der Waals surface area contributed by atoms with E-state index in [0.29, 0.717) is 12.0 Å². The molecule has 0 aliphatic carbocycles. The lowest BCUT2D eigenvalue weighted by Crippen LogP contribution is -2.48. The first-order valence-electron chi connectivity index (χ1n) is 7.30. The SMILES string of the molecule is Cc1cccc(C2NC(=O)N([C@@H](CC(C)C)C(N)=O)C2=O)c1. The molecule has 0 aromatic heterocycles. The van der Waals surface area contributed by atoms with E-state index in [4.69, 9.17) is 5.73 Å². The molecule has 0 radical (unpaired) electrons. The van der Waals surface area contributed by atoms with Crippen LogP contribution in [0.4, 0.5) is 4.79 Å². The van der Waals surface area contributed by atoms with Crippen molar-refractivity contribution in [1.29, 1.82) is 0 Å². The number of hydrogen-bond donors (Lipinski definition) is 2. The van der Waals surface area contributed by atoms with Crippen molar-refractivity contribution in [3.8, 4) is 0 Å². The highest BCUT2D eigenvalue weighted by Gasteiger charge is 2.44. The van der Waals surface area contributed by atoms with Gasteiger partial charge in [0.25, 0.3) is 5.91 Å². The normalized spacial score (nSPS) is 19.5. The molecule has 6 nitrogen and oxygen atoms in total. The summed E-state index contributed by atoms with van der Waals surface area (Å²) in [5, 5.41) is 2.64. The fourth-order valence-corrected chi connectivity index (χ4v) is 2.66. The molecule has 1 aromatic carbocycles. The second-order valence-corrected chi connectivity index (χ2v) is 6.05. The number of carbonyl (C=O) groups is 3. The Balaban J connectivity index is 2.29. The molecule has 0 spiro atoms. The van der Waals surface area contributed by atoms with Crippen LogP contribution in [0.25, 0.3) is 0 Å². The van der Waals surface area contributed by atoms with Crippen molar-refractivity contribution >= 4 is 17.8 Å². The first-order valence-corrected chi connectivity index (χ1v) is 7.30. The standard InChI is InChI=1S/C16H21N3O3/c1-9(2)7-12(14(17)20)19-15(21)13(18-16(19)22)11-6-4-5-10(3)8-11/h4-6,8-9,12-13H,7H2,1-3H3,(H2,17,20)(H,18,22)/t12-,13?/m0/s1. The molecule has 4 amide bonds. The van der Waals surface area contributed by atoms with Crippen LogP contribution >= 0.6 is 0 Å². The van der Waals surface area contributed by atoms with E-state index in [1.807, 2.05) is 39.0 Å². The van der Waals surface area contributed by atoms with Crippen LogP contribution in [0.15, 0.2) is 24.3 Å². The molecule has 6 heteroatoms. The first kappa shape index (κ1) is 16.0. The summed E-state index contributed by atoms with van der Waals surface area (Å²) in [6.07, 6.45) is 0.356. The monoisotopic (exact) mass is 303 g/mol. The van der Waals surface area contributed by atoms with E-state index in [1.54, 1.807) is 6.07 Å². The largest absolute Gasteiger partial charge is 0.368 e. The number of aryl methyl sites for hydroxylation is 1. The molecule has 1 saturated heterocycles. The van der Waals surface area contributed by atoms with Gasteiger partial charge in [0.05, 0.1) is 0 Å². The average molecular weight is 303 g/mol. The van der Waals surface area contributed by atoms with E-state index in [2.05, 4.69) is 5.32 Å². The van der Waals surface area contributed by atoms with Gasteiger partial charge in [-0.15, -0.1) is 0 Å². The van der Waals surface area contributed by atoms with Gasteiger partial charge >= 0.3 is 6.03 Å². The second kappa shape index (κ2) is 6.17. The summed E-state index contributed by atoms with van der Waals surface area (Å²) in [4.78, 5) is 37.4. The Morgan fingerprint density at radius 2 is 2.05 bits per heavy atom. The van der Waals surface area contributed by atoms with E-state index < -0.39 is 29.9 Å². The average Bonchev–Trinajstić information content (AvgIpc) is 2.71. The molecule has 3 N–H and O–H groups in total. The van der Waals surface area contributed by atoms with E-state index in [-0.39, 0.29) is 5.92 Å². The van der Waals surface area contributed by atoms with Gasteiger partial charge < -0.3 is 11.1 Å². The van der Waals surface area contributed by atoms with Crippen molar-refractivity contribution in [2.75, 3.05) is 0 Å². The summed E-state index contributed by atoms with van der Waals surface area (Å²) < 4.78 is 0. The van der Waals surface area contributed by atoms with Gasteiger partial charge in [-0.1, -0.05) is 43.7 Å². The fourth-order valence-electron chi connectivity index (χ4n) is 2.66. The van der Waals surface area contributed by atoms with E-state index >= 15 is 0 Å². The predicted octanol–water partition coefficient (Wildman–Crippen LogP) is 1.49. The molecule has 1 heterocycles. The number of nitrogens with zero attached hydrogens (tertiary/aromatic N) is 1. The van der Waals surface area contributed by atoms with Gasteiger partial charge in [-0.05, 0) is 24.8 Å². The van der Waals surface area contributed by atoms with Crippen molar-refractivity contribution in [3.05, 3.63) is 35.4 Å². The van der Waals surface area contributed by atoms with Crippen LogP contribution in [-0.4, -0.2) is 28.8 Å². The summed E-state index contributed by atoms with van der Waals surface area (Å²) >= 11 is 0. The summed E-state index contributed by atoms with van der Waals surface area (Å²) in [6.45, 7) is 5.73. The smallest absolute Gasteiger partial charge is 0.325 e. The maximum Gasteiger partial charge on any atom is 0.325 e. The third kappa shape index (κ3) is 3.10. The zero-order valence-corrected chi connectivity index (χ0v) is 13.0. The predicted molar refractivity (Wildman–Crippen MR) is 81.7 cm³/mol. The van der Waals surface area contributed by atoms with Crippen LogP contribution in [0.5, 0.6) is 0 Å². The van der Waals surface area contributed by atoms with Crippen molar-refractivity contribution in [3.63, 3.8) is 0 Å². The number of urea groups is 1. The Labute approximate surface area is 129 Å². The third-order valence-electron chi connectivity index (χ3n) is 3.68. The van der Waals surface area contributed by atoms with Crippen LogP contribution in [-0.2, 0) is 9.59 Å². The zero-order chi connectivity index (χ0) is 16.4. The number of nitrogens with two attached hydrogens (primary N) is 1. The van der Waals surface area contributed by atoms with Crippen LogP contribution in [0.2, 0.25) is 0 Å². The zero-order valence-electron chi connectivity index (χ0n) is 13.0. The molecule has 2 atom stereocenters. The molecule has 1 aliphatic heterocycles. The Bertz CT molecular complexity index is 612. The van der Waals surface area contributed by atoms with Crippen LogP contribution in [0, 0.1) is 12.8 Å². The maximum atomic E-state index is 12.6. The first-order chi connectivity index (χ1) is 10.3. The number of imide groups is 1. The molecular weight excluding hydrogens is 282 g/mol. The molecular formula is C16H21N3O3. The van der Waals surface area contributed by atoms with Gasteiger partial charge in [-0.2, -0.15) is 0 Å². The highest BCUT2D eigenvalue weighted by molar-refractivity contribution is 6.07. The van der Waals surface area contributed by atoms with Gasteiger partial charge in [-0.25, -0.2) is 9.69 Å². The molecule has 0 bridgehead atoms. The molecule has 2 rings (SSSR count). The molecule has 1 aliphatic rings. The summed E-state index contributed by atoms with van der Waals surface area (Å²) in [6, 6.07) is 5.11. The quantitative estimate of drug-likeness (QED) is 0.807. The number of amides is 4. The maximum absolute atomic E-state index is 12.6. The number of rotatable bonds is 5.